The highest BCUT2D eigenvalue weighted by molar-refractivity contribution is 6.38. The van der Waals surface area contributed by atoms with Crippen LogP contribution in [-0.2, 0) is 11.4 Å². The fraction of sp³-hybridized carbons (Fsp3) is 0.150. The van der Waals surface area contributed by atoms with Crippen molar-refractivity contribution >= 4 is 51.8 Å². The molecule has 1 aromatic heterocycles. The largest absolute Gasteiger partial charge is 0.487 e. The van der Waals surface area contributed by atoms with E-state index in [1.54, 1.807) is 12.1 Å². The van der Waals surface area contributed by atoms with Gasteiger partial charge in [0.25, 0.3) is 0 Å². The summed E-state index contributed by atoms with van der Waals surface area (Å²) < 4.78 is 5.92. The summed E-state index contributed by atoms with van der Waals surface area (Å²) in [5.74, 6) is -0.578. The molecule has 0 aliphatic rings. The Morgan fingerprint density at radius 3 is 2.69 bits per heavy atom. The number of pyridine rings is 1. The summed E-state index contributed by atoms with van der Waals surface area (Å²) in [6.07, 6.45) is 0. The van der Waals surface area contributed by atoms with Crippen LogP contribution in [0, 0.1) is 6.92 Å². The third-order valence-electron chi connectivity index (χ3n) is 4.03. The molecule has 150 valence electrons. The Balaban J connectivity index is 1.80. The number of anilines is 1. The molecule has 3 rings (SSSR count). The van der Waals surface area contributed by atoms with Gasteiger partial charge < -0.3 is 20.5 Å². The molecule has 0 saturated carbocycles. The van der Waals surface area contributed by atoms with E-state index in [1.807, 2.05) is 31.2 Å². The van der Waals surface area contributed by atoms with E-state index in [4.69, 9.17) is 33.0 Å². The zero-order valence-corrected chi connectivity index (χ0v) is 16.8. The number of aromatic nitrogens is 1. The van der Waals surface area contributed by atoms with Crippen molar-refractivity contribution in [3.8, 4) is 5.75 Å². The lowest BCUT2D eigenvalue weighted by atomic mass is 10.2. The number of carbonyl (C=O) groups excluding carboxylic acids is 1. The summed E-state index contributed by atoms with van der Waals surface area (Å²) in [5.41, 5.74) is 2.35. The van der Waals surface area contributed by atoms with Crippen molar-refractivity contribution in [1.29, 1.82) is 0 Å². The number of urea groups is 1. The molecule has 0 bridgehead atoms. The fourth-order valence-electron chi connectivity index (χ4n) is 2.63. The monoisotopic (exact) mass is 433 g/mol. The topological polar surface area (TPSA) is 101 Å². The zero-order valence-electron chi connectivity index (χ0n) is 15.3. The third kappa shape index (κ3) is 5.07. The van der Waals surface area contributed by atoms with Crippen LogP contribution >= 0.6 is 23.2 Å². The molecule has 0 unspecified atom stereocenters. The number of nitrogens with one attached hydrogen (secondary N) is 2. The minimum atomic E-state index is -1.16. The average molecular weight is 434 g/mol. The van der Waals surface area contributed by atoms with Crippen LogP contribution in [0.2, 0.25) is 10.0 Å². The van der Waals surface area contributed by atoms with Crippen molar-refractivity contribution in [2.24, 2.45) is 0 Å². The number of para-hydroxylation sites is 1. The molecule has 7 nitrogen and oxygen atoms in total. The molecule has 1 heterocycles. The molecular formula is C20H17Cl2N3O4. The van der Waals surface area contributed by atoms with Gasteiger partial charge in [0.1, 0.15) is 24.4 Å². The van der Waals surface area contributed by atoms with Gasteiger partial charge in [0.15, 0.2) is 0 Å². The number of benzene rings is 2. The number of carboxylic acids is 1. The molecule has 29 heavy (non-hydrogen) atoms. The molecular weight excluding hydrogens is 417 g/mol. The first-order chi connectivity index (χ1) is 13.8. The molecule has 9 heteroatoms. The van der Waals surface area contributed by atoms with E-state index in [2.05, 4.69) is 15.6 Å². The Labute approximate surface area is 176 Å². The second-order valence-electron chi connectivity index (χ2n) is 6.16. The lowest BCUT2D eigenvalue weighted by Crippen LogP contribution is -2.33. The second-order valence-corrected chi connectivity index (χ2v) is 6.94. The van der Waals surface area contributed by atoms with E-state index in [0.717, 1.165) is 16.6 Å². The predicted molar refractivity (Wildman–Crippen MR) is 112 cm³/mol. The summed E-state index contributed by atoms with van der Waals surface area (Å²) in [6, 6.07) is 11.9. The van der Waals surface area contributed by atoms with Crippen LogP contribution in [0.4, 0.5) is 10.5 Å². The van der Waals surface area contributed by atoms with E-state index in [9.17, 15) is 9.59 Å². The molecule has 0 saturated heterocycles. The molecule has 2 aromatic carbocycles. The number of hydrogen-bond acceptors (Lipinski definition) is 4. The van der Waals surface area contributed by atoms with E-state index in [0.29, 0.717) is 16.3 Å². The maximum absolute atomic E-state index is 11.8. The number of rotatable bonds is 6. The van der Waals surface area contributed by atoms with Crippen molar-refractivity contribution in [1.82, 2.24) is 10.3 Å². The molecule has 2 amide bonds. The van der Waals surface area contributed by atoms with Gasteiger partial charge in [-0.15, -0.1) is 0 Å². The first-order valence-corrected chi connectivity index (χ1v) is 9.33. The van der Waals surface area contributed by atoms with Crippen LogP contribution in [0.25, 0.3) is 10.9 Å². The Morgan fingerprint density at radius 1 is 1.14 bits per heavy atom. The van der Waals surface area contributed by atoms with Gasteiger partial charge in [-0.25, -0.2) is 9.78 Å². The number of carboxylic acid groups (broad SMARTS) is 1. The zero-order chi connectivity index (χ0) is 21.0. The Hall–Kier alpha value is -3.03. The first-order valence-electron chi connectivity index (χ1n) is 8.58. The van der Waals surface area contributed by atoms with Gasteiger partial charge in [-0.3, -0.25) is 4.79 Å². The quantitative estimate of drug-likeness (QED) is 0.525. The van der Waals surface area contributed by atoms with E-state index in [1.165, 1.54) is 6.07 Å². The summed E-state index contributed by atoms with van der Waals surface area (Å²) in [7, 11) is 0. The fourth-order valence-corrected chi connectivity index (χ4v) is 3.16. The number of nitrogens with zero attached hydrogens (tertiary/aromatic N) is 1. The Kier molecular flexibility index (Phi) is 6.41. The standard InChI is InChI=1S/C20H17Cl2N3O4/c1-11-5-6-12-3-2-4-16(19(12)24-11)29-10-13-14(21)7-8-15(18(13)22)25-20(28)23-9-17(26)27/h2-8H,9-10H2,1H3,(H,26,27)(H2,23,25,28). The number of ether oxygens (including phenoxy) is 1. The minimum absolute atomic E-state index is 0.0542. The van der Waals surface area contributed by atoms with Gasteiger partial charge in [-0.2, -0.15) is 0 Å². The maximum Gasteiger partial charge on any atom is 0.323 e. The SMILES string of the molecule is Cc1ccc2cccc(OCc3c(Cl)ccc(NC(=O)NCC(=O)O)c3Cl)c2n1. The first kappa shape index (κ1) is 20.7. The summed E-state index contributed by atoms with van der Waals surface area (Å²) in [4.78, 5) is 26.9. The molecule has 3 N–H and O–H groups in total. The van der Waals surface area contributed by atoms with Gasteiger partial charge in [0, 0.05) is 21.7 Å². The van der Waals surface area contributed by atoms with Crippen molar-refractivity contribution in [3.63, 3.8) is 0 Å². The molecule has 0 atom stereocenters. The number of fused-ring (bicyclic) bond motifs is 1. The van der Waals surface area contributed by atoms with Crippen LogP contribution in [0.5, 0.6) is 5.75 Å². The van der Waals surface area contributed by atoms with Crippen molar-refractivity contribution in [2.45, 2.75) is 13.5 Å². The van der Waals surface area contributed by atoms with Crippen molar-refractivity contribution < 1.29 is 19.4 Å². The second kappa shape index (κ2) is 8.98. The Morgan fingerprint density at radius 2 is 1.93 bits per heavy atom. The third-order valence-corrected chi connectivity index (χ3v) is 4.81. The van der Waals surface area contributed by atoms with Crippen LogP contribution in [0.3, 0.4) is 0 Å². The highest BCUT2D eigenvalue weighted by Crippen LogP contribution is 2.33. The average Bonchev–Trinajstić information content (AvgIpc) is 2.68. The Bertz CT molecular complexity index is 1090. The van der Waals surface area contributed by atoms with E-state index >= 15 is 0 Å². The minimum Gasteiger partial charge on any atom is -0.487 e. The van der Waals surface area contributed by atoms with Crippen LogP contribution in [0.15, 0.2) is 42.5 Å². The van der Waals surface area contributed by atoms with Crippen LogP contribution < -0.4 is 15.4 Å². The van der Waals surface area contributed by atoms with Crippen molar-refractivity contribution in [3.05, 3.63) is 63.8 Å². The lowest BCUT2D eigenvalue weighted by Gasteiger charge is -2.14. The van der Waals surface area contributed by atoms with Gasteiger partial charge in [0.05, 0.1) is 10.7 Å². The molecule has 0 aliphatic heterocycles. The van der Waals surface area contributed by atoms with Crippen LogP contribution in [0.1, 0.15) is 11.3 Å². The maximum atomic E-state index is 11.8. The number of aliphatic carboxylic acids is 1. The van der Waals surface area contributed by atoms with Gasteiger partial charge >= 0.3 is 12.0 Å². The van der Waals surface area contributed by atoms with E-state index < -0.39 is 18.5 Å². The van der Waals surface area contributed by atoms with Gasteiger partial charge in [-0.1, -0.05) is 41.4 Å². The smallest absolute Gasteiger partial charge is 0.323 e. The normalized spacial score (nSPS) is 10.6. The predicted octanol–water partition coefficient (Wildman–Crippen LogP) is 4.64. The molecule has 0 fully saturated rings. The number of hydrogen-bond donors (Lipinski definition) is 3. The van der Waals surface area contributed by atoms with Crippen molar-refractivity contribution in [2.75, 3.05) is 11.9 Å². The van der Waals surface area contributed by atoms with Crippen LogP contribution in [-0.4, -0.2) is 28.6 Å². The summed E-state index contributed by atoms with van der Waals surface area (Å²) in [6.45, 7) is 1.44. The number of halogens is 2. The molecule has 0 aliphatic carbocycles. The number of aryl methyl sites for hydroxylation is 1. The molecule has 0 spiro atoms. The number of carbonyl (C=O) groups is 2. The number of amides is 2. The summed E-state index contributed by atoms with van der Waals surface area (Å²) >= 11 is 12.7. The van der Waals surface area contributed by atoms with Gasteiger partial charge in [-0.05, 0) is 31.2 Å². The molecule has 0 radical (unpaired) electrons. The lowest BCUT2D eigenvalue weighted by molar-refractivity contribution is -0.135. The summed E-state index contributed by atoms with van der Waals surface area (Å²) in [5, 5.41) is 14.8. The highest BCUT2D eigenvalue weighted by atomic mass is 35.5. The molecule has 3 aromatic rings. The van der Waals surface area contributed by atoms with E-state index in [-0.39, 0.29) is 17.3 Å². The van der Waals surface area contributed by atoms with Gasteiger partial charge in [0.2, 0.25) is 0 Å². The highest BCUT2D eigenvalue weighted by Gasteiger charge is 2.15.